The molecule has 1 aromatic heterocycles. The van der Waals surface area contributed by atoms with E-state index >= 15 is 0 Å². The molecule has 1 atom stereocenters. The van der Waals surface area contributed by atoms with Crippen molar-refractivity contribution in [2.75, 3.05) is 25.5 Å². The third-order valence-electron chi connectivity index (χ3n) is 2.65. The molecule has 0 amide bonds. The number of methoxy groups -OCH3 is 1. The van der Waals surface area contributed by atoms with Crippen LogP contribution in [-0.4, -0.2) is 36.2 Å². The van der Waals surface area contributed by atoms with Gasteiger partial charge in [0.15, 0.2) is 0 Å². The van der Waals surface area contributed by atoms with Crippen LogP contribution in [0, 0.1) is 0 Å². The molecule has 2 heterocycles. The first-order valence-electron chi connectivity index (χ1n) is 5.46. The zero-order chi connectivity index (χ0) is 13.2. The molecule has 1 aliphatic heterocycles. The van der Waals surface area contributed by atoms with E-state index in [-0.39, 0.29) is 12.0 Å². The van der Waals surface area contributed by atoms with Crippen LogP contribution in [-0.2, 0) is 6.18 Å². The van der Waals surface area contributed by atoms with Gasteiger partial charge in [-0.1, -0.05) is 0 Å². The van der Waals surface area contributed by atoms with E-state index in [9.17, 15) is 13.2 Å². The summed E-state index contributed by atoms with van der Waals surface area (Å²) in [5, 5.41) is 6.09. The minimum absolute atomic E-state index is 0.131. The van der Waals surface area contributed by atoms with Crippen molar-refractivity contribution >= 4 is 5.95 Å². The quantitative estimate of drug-likeness (QED) is 0.859. The maximum absolute atomic E-state index is 12.6. The zero-order valence-corrected chi connectivity index (χ0v) is 9.71. The smallest absolute Gasteiger partial charge is 0.423 e. The number of ether oxygens (including phenoxy) is 1. The lowest BCUT2D eigenvalue weighted by atomic mass is 10.3. The molecule has 8 heteroatoms. The zero-order valence-electron chi connectivity index (χ0n) is 9.71. The minimum atomic E-state index is -4.52. The van der Waals surface area contributed by atoms with Gasteiger partial charge in [0.1, 0.15) is 5.56 Å². The lowest BCUT2D eigenvalue weighted by Crippen LogP contribution is -2.23. The van der Waals surface area contributed by atoms with Gasteiger partial charge in [-0.05, 0) is 13.0 Å². The summed E-state index contributed by atoms with van der Waals surface area (Å²) < 4.78 is 42.4. The molecule has 18 heavy (non-hydrogen) atoms. The fraction of sp³-hybridized carbons (Fsp3) is 0.600. The third kappa shape index (κ3) is 2.81. The van der Waals surface area contributed by atoms with Gasteiger partial charge in [0.2, 0.25) is 11.8 Å². The maximum Gasteiger partial charge on any atom is 0.423 e. The van der Waals surface area contributed by atoms with Gasteiger partial charge in [-0.25, -0.2) is 4.98 Å². The van der Waals surface area contributed by atoms with Crippen LogP contribution in [0.3, 0.4) is 0 Å². The van der Waals surface area contributed by atoms with Gasteiger partial charge in [-0.2, -0.15) is 18.2 Å². The monoisotopic (exact) mass is 262 g/mol. The summed E-state index contributed by atoms with van der Waals surface area (Å²) in [7, 11) is 1.15. The largest absolute Gasteiger partial charge is 0.480 e. The van der Waals surface area contributed by atoms with E-state index in [1.165, 1.54) is 0 Å². The van der Waals surface area contributed by atoms with E-state index < -0.39 is 17.6 Å². The molecule has 1 fully saturated rings. The molecule has 2 rings (SSSR count). The molecule has 0 bridgehead atoms. The second kappa shape index (κ2) is 4.97. The number of aromatic nitrogens is 2. The van der Waals surface area contributed by atoms with Gasteiger partial charge in [0.05, 0.1) is 7.11 Å². The van der Waals surface area contributed by atoms with E-state index in [0.717, 1.165) is 32.8 Å². The summed E-state index contributed by atoms with van der Waals surface area (Å²) in [4.78, 5) is 7.40. The first kappa shape index (κ1) is 12.9. The number of anilines is 1. The van der Waals surface area contributed by atoms with Crippen LogP contribution >= 0.6 is 0 Å². The molecule has 0 saturated carbocycles. The molecular weight excluding hydrogens is 249 g/mol. The Morgan fingerprint density at radius 1 is 1.50 bits per heavy atom. The Morgan fingerprint density at radius 3 is 2.83 bits per heavy atom. The SMILES string of the molecule is COc1nc(NC2CCNC2)ncc1C(F)(F)F. The Kier molecular flexibility index (Phi) is 3.55. The Hall–Kier alpha value is -1.57. The third-order valence-corrected chi connectivity index (χ3v) is 2.65. The van der Waals surface area contributed by atoms with Crippen LogP contribution in [0.4, 0.5) is 19.1 Å². The molecule has 5 nitrogen and oxygen atoms in total. The van der Waals surface area contributed by atoms with E-state index in [1.807, 2.05) is 0 Å². The van der Waals surface area contributed by atoms with Crippen molar-refractivity contribution in [2.45, 2.75) is 18.6 Å². The summed E-state index contributed by atoms with van der Waals surface area (Å²) in [5.74, 6) is -0.320. The van der Waals surface area contributed by atoms with Gasteiger partial charge in [-0.15, -0.1) is 0 Å². The molecule has 0 aromatic carbocycles. The number of nitrogens with zero attached hydrogens (tertiary/aromatic N) is 2. The highest BCUT2D eigenvalue weighted by Gasteiger charge is 2.36. The molecule has 2 N–H and O–H groups in total. The minimum Gasteiger partial charge on any atom is -0.480 e. The van der Waals surface area contributed by atoms with E-state index in [1.54, 1.807) is 0 Å². The summed E-state index contributed by atoms with van der Waals surface area (Å²) in [6, 6.07) is 0.131. The highest BCUT2D eigenvalue weighted by atomic mass is 19.4. The van der Waals surface area contributed by atoms with Crippen molar-refractivity contribution in [1.29, 1.82) is 0 Å². The van der Waals surface area contributed by atoms with Crippen LogP contribution in [0.15, 0.2) is 6.20 Å². The van der Waals surface area contributed by atoms with E-state index in [2.05, 4.69) is 25.3 Å². The molecule has 0 aliphatic carbocycles. The number of hydrogen-bond donors (Lipinski definition) is 2. The lowest BCUT2D eigenvalue weighted by molar-refractivity contribution is -0.139. The van der Waals surface area contributed by atoms with Crippen molar-refractivity contribution in [2.24, 2.45) is 0 Å². The average molecular weight is 262 g/mol. The highest BCUT2D eigenvalue weighted by Crippen LogP contribution is 2.34. The first-order valence-corrected chi connectivity index (χ1v) is 5.46. The Morgan fingerprint density at radius 2 is 2.28 bits per heavy atom. The molecule has 1 aliphatic rings. The van der Waals surface area contributed by atoms with Gasteiger partial charge in [0.25, 0.3) is 0 Å². The van der Waals surface area contributed by atoms with Crippen molar-refractivity contribution in [3.63, 3.8) is 0 Å². The van der Waals surface area contributed by atoms with Gasteiger partial charge in [0, 0.05) is 18.8 Å². The van der Waals surface area contributed by atoms with Crippen LogP contribution in [0.2, 0.25) is 0 Å². The molecule has 1 aromatic rings. The Bertz CT molecular complexity index is 418. The number of nitrogens with one attached hydrogen (secondary N) is 2. The van der Waals surface area contributed by atoms with Crippen molar-refractivity contribution in [3.8, 4) is 5.88 Å². The van der Waals surface area contributed by atoms with Crippen LogP contribution < -0.4 is 15.4 Å². The second-order valence-electron chi connectivity index (χ2n) is 3.95. The molecule has 0 spiro atoms. The highest BCUT2D eigenvalue weighted by molar-refractivity contribution is 5.36. The fourth-order valence-corrected chi connectivity index (χ4v) is 1.75. The summed E-state index contributed by atoms with van der Waals surface area (Å²) >= 11 is 0. The number of rotatable bonds is 3. The van der Waals surface area contributed by atoms with Crippen LogP contribution in [0.1, 0.15) is 12.0 Å². The van der Waals surface area contributed by atoms with E-state index in [4.69, 9.17) is 0 Å². The van der Waals surface area contributed by atoms with Crippen molar-refractivity contribution in [1.82, 2.24) is 15.3 Å². The number of halogens is 3. The lowest BCUT2D eigenvalue weighted by Gasteiger charge is -2.14. The summed E-state index contributed by atoms with van der Waals surface area (Å²) in [5.41, 5.74) is -0.972. The molecule has 0 radical (unpaired) electrons. The van der Waals surface area contributed by atoms with Crippen molar-refractivity contribution < 1.29 is 17.9 Å². The Labute approximate surface area is 102 Å². The standard InChI is InChI=1S/C10H13F3N4O/c1-18-8-7(10(11,12)13)5-15-9(17-8)16-6-2-3-14-4-6/h5-6,14H,2-4H2,1H3,(H,15,16,17). The normalized spacial score (nSPS) is 19.9. The summed E-state index contributed by atoms with van der Waals surface area (Å²) in [6.45, 7) is 1.61. The molecule has 100 valence electrons. The van der Waals surface area contributed by atoms with Crippen LogP contribution in [0.5, 0.6) is 5.88 Å². The number of hydrogen-bond acceptors (Lipinski definition) is 5. The molecule has 1 unspecified atom stereocenters. The topological polar surface area (TPSA) is 59.1 Å². The average Bonchev–Trinajstić information content (AvgIpc) is 2.80. The predicted molar refractivity (Wildman–Crippen MR) is 58.5 cm³/mol. The van der Waals surface area contributed by atoms with Crippen molar-refractivity contribution in [3.05, 3.63) is 11.8 Å². The van der Waals surface area contributed by atoms with Gasteiger partial charge < -0.3 is 15.4 Å². The Balaban J connectivity index is 2.18. The molecular formula is C10H13F3N4O. The predicted octanol–water partition coefficient (Wildman–Crippen LogP) is 1.28. The van der Waals surface area contributed by atoms with Gasteiger partial charge >= 0.3 is 6.18 Å². The summed E-state index contributed by atoms with van der Waals surface area (Å²) in [6.07, 6.45) is -2.90. The fourth-order valence-electron chi connectivity index (χ4n) is 1.75. The van der Waals surface area contributed by atoms with E-state index in [0.29, 0.717) is 0 Å². The molecule has 1 saturated heterocycles. The van der Waals surface area contributed by atoms with Crippen LogP contribution in [0.25, 0.3) is 0 Å². The number of alkyl halides is 3. The first-order chi connectivity index (χ1) is 8.50. The van der Waals surface area contributed by atoms with Gasteiger partial charge in [-0.3, -0.25) is 0 Å². The maximum atomic E-state index is 12.6. The second-order valence-corrected chi connectivity index (χ2v) is 3.95.